The number of hydrogen-bond acceptors (Lipinski definition) is 3. The van der Waals surface area contributed by atoms with Gasteiger partial charge in [-0.2, -0.15) is 0 Å². The normalized spacial score (nSPS) is 16.6. The number of benzene rings is 1. The fourth-order valence-corrected chi connectivity index (χ4v) is 3.01. The molecule has 0 bridgehead atoms. The fraction of sp³-hybridized carbons (Fsp3) is 0.579. The minimum atomic E-state index is -0.260. The van der Waals surface area contributed by atoms with Crippen molar-refractivity contribution in [2.75, 3.05) is 38.1 Å². The van der Waals surface area contributed by atoms with Crippen molar-refractivity contribution in [3.05, 3.63) is 29.8 Å². The lowest BCUT2D eigenvalue weighted by molar-refractivity contribution is -0.917. The Morgan fingerprint density at radius 2 is 1.76 bits per heavy atom. The summed E-state index contributed by atoms with van der Waals surface area (Å²) in [5.74, 6) is 0.487. The van der Waals surface area contributed by atoms with Crippen LogP contribution in [0.5, 0.6) is 0 Å². The van der Waals surface area contributed by atoms with Crippen molar-refractivity contribution in [1.29, 1.82) is 0 Å². The Bertz CT molecular complexity index is 578. The highest BCUT2D eigenvalue weighted by molar-refractivity contribution is 5.93. The molecule has 1 heterocycles. The molecule has 2 rings (SSSR count). The summed E-state index contributed by atoms with van der Waals surface area (Å²) >= 11 is 0. The van der Waals surface area contributed by atoms with E-state index in [0.717, 1.165) is 18.8 Å². The number of quaternary nitrogens is 1. The van der Waals surface area contributed by atoms with E-state index < -0.39 is 0 Å². The van der Waals surface area contributed by atoms with E-state index in [9.17, 15) is 9.59 Å². The first-order valence-corrected chi connectivity index (χ1v) is 9.09. The SMILES string of the molecule is CCOC(=O)N1CC[NH+]([C@H](C)C(=O)Nc2ccc(C(C)C)cc2)CC1. The topological polar surface area (TPSA) is 63.1 Å². The molecule has 0 radical (unpaired) electrons. The standard InChI is InChI=1S/C19H29N3O3/c1-5-25-19(24)22-12-10-21(11-13-22)15(4)18(23)20-17-8-6-16(7-9-17)14(2)3/h6-9,14-15H,5,10-13H2,1-4H3,(H,20,23)/p+1/t15-/m1/s1. The highest BCUT2D eigenvalue weighted by Gasteiger charge is 2.31. The molecule has 6 nitrogen and oxygen atoms in total. The van der Waals surface area contributed by atoms with Gasteiger partial charge in [0.05, 0.1) is 32.8 Å². The summed E-state index contributed by atoms with van der Waals surface area (Å²) < 4.78 is 5.03. The quantitative estimate of drug-likeness (QED) is 0.848. The molecule has 0 saturated carbocycles. The minimum Gasteiger partial charge on any atom is -0.450 e. The zero-order chi connectivity index (χ0) is 18.4. The van der Waals surface area contributed by atoms with Crippen LogP contribution in [-0.2, 0) is 9.53 Å². The molecule has 2 amide bonds. The monoisotopic (exact) mass is 348 g/mol. The van der Waals surface area contributed by atoms with Gasteiger partial charge in [-0.15, -0.1) is 0 Å². The van der Waals surface area contributed by atoms with Gasteiger partial charge in [0, 0.05) is 5.69 Å². The van der Waals surface area contributed by atoms with Gasteiger partial charge in [0.25, 0.3) is 5.91 Å². The average Bonchev–Trinajstić information content (AvgIpc) is 2.61. The fourth-order valence-electron chi connectivity index (χ4n) is 3.01. The van der Waals surface area contributed by atoms with Crippen molar-refractivity contribution in [2.24, 2.45) is 0 Å². The van der Waals surface area contributed by atoms with E-state index in [0.29, 0.717) is 25.6 Å². The van der Waals surface area contributed by atoms with E-state index in [1.807, 2.05) is 19.1 Å². The van der Waals surface area contributed by atoms with Crippen molar-refractivity contribution in [1.82, 2.24) is 4.90 Å². The second-order valence-corrected chi connectivity index (χ2v) is 6.83. The van der Waals surface area contributed by atoms with Crippen LogP contribution >= 0.6 is 0 Å². The Labute approximate surface area is 150 Å². The van der Waals surface area contributed by atoms with Crippen LogP contribution < -0.4 is 10.2 Å². The lowest BCUT2D eigenvalue weighted by Crippen LogP contribution is -3.19. The highest BCUT2D eigenvalue weighted by atomic mass is 16.6. The predicted octanol–water partition coefficient (Wildman–Crippen LogP) is 1.49. The molecule has 1 saturated heterocycles. The van der Waals surface area contributed by atoms with E-state index >= 15 is 0 Å². The van der Waals surface area contributed by atoms with Gasteiger partial charge >= 0.3 is 6.09 Å². The Morgan fingerprint density at radius 1 is 1.16 bits per heavy atom. The van der Waals surface area contributed by atoms with Crippen molar-refractivity contribution >= 4 is 17.7 Å². The first-order valence-electron chi connectivity index (χ1n) is 9.09. The van der Waals surface area contributed by atoms with Gasteiger partial charge in [-0.3, -0.25) is 9.69 Å². The van der Waals surface area contributed by atoms with Crippen LogP contribution in [0.4, 0.5) is 10.5 Å². The van der Waals surface area contributed by atoms with Crippen molar-refractivity contribution in [2.45, 2.75) is 39.7 Å². The molecular weight excluding hydrogens is 318 g/mol. The predicted molar refractivity (Wildman–Crippen MR) is 97.9 cm³/mol. The van der Waals surface area contributed by atoms with Crippen LogP contribution in [0.1, 0.15) is 39.2 Å². The third-order valence-electron chi connectivity index (χ3n) is 4.78. The minimum absolute atomic E-state index is 0.0110. The third kappa shape index (κ3) is 5.19. The van der Waals surface area contributed by atoms with Gasteiger partial charge in [0.2, 0.25) is 0 Å². The molecular formula is C19H30N3O3+. The lowest BCUT2D eigenvalue weighted by atomic mass is 10.0. The number of carbonyl (C=O) groups is 2. The van der Waals surface area contributed by atoms with Crippen LogP contribution in [0.3, 0.4) is 0 Å². The molecule has 6 heteroatoms. The second-order valence-electron chi connectivity index (χ2n) is 6.83. The smallest absolute Gasteiger partial charge is 0.410 e. The van der Waals surface area contributed by atoms with Gasteiger partial charge in [-0.25, -0.2) is 4.79 Å². The number of rotatable bonds is 5. The van der Waals surface area contributed by atoms with Crippen LogP contribution in [0.15, 0.2) is 24.3 Å². The summed E-state index contributed by atoms with van der Waals surface area (Å²) in [6.45, 7) is 11.2. The molecule has 2 N–H and O–H groups in total. The van der Waals surface area contributed by atoms with Crippen molar-refractivity contribution in [3.8, 4) is 0 Å². The van der Waals surface area contributed by atoms with Gasteiger partial charge in [-0.1, -0.05) is 26.0 Å². The highest BCUT2D eigenvalue weighted by Crippen LogP contribution is 2.17. The second kappa shape index (κ2) is 8.85. The van der Waals surface area contributed by atoms with E-state index in [1.165, 1.54) is 10.5 Å². The zero-order valence-electron chi connectivity index (χ0n) is 15.7. The Morgan fingerprint density at radius 3 is 2.28 bits per heavy atom. The van der Waals surface area contributed by atoms with E-state index in [4.69, 9.17) is 4.74 Å². The maximum Gasteiger partial charge on any atom is 0.410 e. The lowest BCUT2D eigenvalue weighted by Gasteiger charge is -2.34. The molecule has 1 aliphatic heterocycles. The molecule has 1 aliphatic rings. The number of nitrogens with one attached hydrogen (secondary N) is 2. The molecule has 138 valence electrons. The Kier molecular flexibility index (Phi) is 6.82. The number of amides is 2. The molecule has 0 spiro atoms. The molecule has 1 aromatic carbocycles. The number of ether oxygens (including phenoxy) is 1. The first kappa shape index (κ1) is 19.2. The summed E-state index contributed by atoms with van der Waals surface area (Å²) in [5.41, 5.74) is 2.08. The number of anilines is 1. The van der Waals surface area contributed by atoms with Gasteiger partial charge in [0.15, 0.2) is 6.04 Å². The number of nitrogens with zero attached hydrogens (tertiary/aromatic N) is 1. The molecule has 0 aromatic heterocycles. The maximum atomic E-state index is 12.5. The maximum absolute atomic E-state index is 12.5. The Balaban J connectivity index is 1.85. The Hall–Kier alpha value is -2.08. The summed E-state index contributed by atoms with van der Waals surface area (Å²) in [6.07, 6.45) is -0.260. The van der Waals surface area contributed by atoms with Gasteiger partial charge in [-0.05, 0) is 37.5 Å². The summed E-state index contributed by atoms with van der Waals surface area (Å²) in [5, 5.41) is 2.99. The van der Waals surface area contributed by atoms with Gasteiger partial charge in [0.1, 0.15) is 0 Å². The van der Waals surface area contributed by atoms with Gasteiger partial charge < -0.3 is 15.0 Å². The van der Waals surface area contributed by atoms with Crippen molar-refractivity contribution in [3.63, 3.8) is 0 Å². The van der Waals surface area contributed by atoms with Crippen LogP contribution in [0.2, 0.25) is 0 Å². The van der Waals surface area contributed by atoms with E-state index in [-0.39, 0.29) is 18.0 Å². The first-order chi connectivity index (χ1) is 11.9. The molecule has 0 unspecified atom stereocenters. The molecule has 1 fully saturated rings. The average molecular weight is 348 g/mol. The number of carbonyl (C=O) groups excluding carboxylic acids is 2. The molecule has 0 aliphatic carbocycles. The summed E-state index contributed by atoms with van der Waals surface area (Å²) in [7, 11) is 0. The third-order valence-corrected chi connectivity index (χ3v) is 4.78. The van der Waals surface area contributed by atoms with Crippen LogP contribution in [0.25, 0.3) is 0 Å². The largest absolute Gasteiger partial charge is 0.450 e. The van der Waals surface area contributed by atoms with Crippen molar-refractivity contribution < 1.29 is 19.2 Å². The molecule has 25 heavy (non-hydrogen) atoms. The molecule has 1 atom stereocenters. The number of hydrogen-bond donors (Lipinski definition) is 2. The zero-order valence-corrected chi connectivity index (χ0v) is 15.7. The van der Waals surface area contributed by atoms with E-state index in [1.54, 1.807) is 11.8 Å². The summed E-state index contributed by atoms with van der Waals surface area (Å²) in [6, 6.07) is 7.85. The number of piperazine rings is 1. The van der Waals surface area contributed by atoms with Crippen LogP contribution in [-0.4, -0.2) is 55.7 Å². The van der Waals surface area contributed by atoms with Crippen LogP contribution in [0, 0.1) is 0 Å². The molecule has 1 aromatic rings. The summed E-state index contributed by atoms with van der Waals surface area (Å²) in [4.78, 5) is 27.2. The van der Waals surface area contributed by atoms with E-state index in [2.05, 4.69) is 31.3 Å².